The van der Waals surface area contributed by atoms with Crippen molar-refractivity contribution >= 4 is 28.6 Å². The predicted octanol–water partition coefficient (Wildman–Crippen LogP) is 1.94. The molecule has 120 valence electrons. The van der Waals surface area contributed by atoms with Gasteiger partial charge in [-0.25, -0.2) is 9.98 Å². The van der Waals surface area contributed by atoms with Crippen molar-refractivity contribution in [1.29, 1.82) is 0 Å². The van der Waals surface area contributed by atoms with E-state index in [0.29, 0.717) is 5.95 Å². The summed E-state index contributed by atoms with van der Waals surface area (Å²) in [4.78, 5) is 19.3. The van der Waals surface area contributed by atoms with Gasteiger partial charge >= 0.3 is 0 Å². The molecule has 2 aromatic carbocycles. The Hall–Kier alpha value is -3.62. The lowest BCUT2D eigenvalue weighted by Crippen LogP contribution is -2.31. The summed E-state index contributed by atoms with van der Waals surface area (Å²) in [6.45, 7) is 0. The monoisotopic (exact) mass is 324 g/mol. The normalized spacial score (nSPS) is 16.3. The second-order valence-corrected chi connectivity index (χ2v) is 5.31. The van der Waals surface area contributed by atoms with Gasteiger partial charge in [-0.3, -0.25) is 20.0 Å². The Morgan fingerprint density at radius 1 is 1.29 bits per heavy atom. The first-order chi connectivity index (χ1) is 11.5. The molecule has 0 saturated carbocycles. The highest BCUT2D eigenvalue weighted by Crippen LogP contribution is 2.37. The molecule has 0 aliphatic carbocycles. The van der Waals surface area contributed by atoms with Gasteiger partial charge in [0.05, 0.1) is 16.0 Å². The Morgan fingerprint density at radius 2 is 2.08 bits per heavy atom. The summed E-state index contributed by atoms with van der Waals surface area (Å²) in [6, 6.07) is 11.2. The van der Waals surface area contributed by atoms with E-state index >= 15 is 0 Å². The molecule has 9 heteroatoms. The number of hydrogen-bond acceptors (Lipinski definition) is 7. The van der Waals surface area contributed by atoms with Crippen molar-refractivity contribution in [2.75, 3.05) is 5.32 Å². The van der Waals surface area contributed by atoms with Crippen molar-refractivity contribution in [2.24, 2.45) is 10.7 Å². The highest BCUT2D eigenvalue weighted by molar-refractivity contribution is 5.94. The zero-order chi connectivity index (χ0) is 16.8. The van der Waals surface area contributed by atoms with Crippen LogP contribution in [0.2, 0.25) is 0 Å². The second-order valence-electron chi connectivity index (χ2n) is 5.31. The lowest BCUT2D eigenvalue weighted by Gasteiger charge is -2.24. The molecule has 0 amide bonds. The van der Waals surface area contributed by atoms with Crippen LogP contribution in [0.25, 0.3) is 11.0 Å². The molecular weight excluding hydrogens is 312 g/mol. The van der Waals surface area contributed by atoms with E-state index in [4.69, 9.17) is 5.73 Å². The van der Waals surface area contributed by atoms with Crippen LogP contribution in [-0.4, -0.2) is 25.5 Å². The number of nitrogens with one attached hydrogen (secondary N) is 1. The Balaban J connectivity index is 1.97. The average Bonchev–Trinajstić information content (AvgIpc) is 2.92. The summed E-state index contributed by atoms with van der Waals surface area (Å²) in [5, 5.41) is 24.1. The third-order valence-corrected chi connectivity index (χ3v) is 3.84. The van der Waals surface area contributed by atoms with Gasteiger partial charge in [-0.1, -0.05) is 12.1 Å². The molecule has 1 atom stereocenters. The summed E-state index contributed by atoms with van der Waals surface area (Å²) >= 11 is 0. The number of fused-ring (bicyclic) bond motifs is 3. The molecular formula is C15H12N6O3. The summed E-state index contributed by atoms with van der Waals surface area (Å²) < 4.78 is 1.74. The van der Waals surface area contributed by atoms with E-state index in [1.165, 1.54) is 18.2 Å². The number of para-hydroxylation sites is 2. The molecule has 2 heterocycles. The number of nitro groups is 1. The Labute approximate surface area is 135 Å². The van der Waals surface area contributed by atoms with Crippen molar-refractivity contribution in [2.45, 2.75) is 6.17 Å². The molecule has 3 aromatic rings. The Morgan fingerprint density at radius 3 is 2.88 bits per heavy atom. The summed E-state index contributed by atoms with van der Waals surface area (Å²) in [5.41, 5.74) is 7.45. The largest absolute Gasteiger partial charge is 0.508 e. The molecule has 0 spiro atoms. The standard InChI is InChI=1S/C15H12N6O3/c16-14-18-13(9-7-8(21(23)24)5-6-12(9)22)20-11-4-2-1-3-10(11)17-15(20)19-14/h1-7,13,22H,(H3,16,17,18,19). The van der Waals surface area contributed by atoms with Crippen molar-refractivity contribution in [1.82, 2.24) is 9.55 Å². The maximum Gasteiger partial charge on any atom is 0.270 e. The number of guanidine groups is 1. The van der Waals surface area contributed by atoms with Gasteiger partial charge in [0.15, 0.2) is 12.1 Å². The summed E-state index contributed by atoms with van der Waals surface area (Å²) in [7, 11) is 0. The van der Waals surface area contributed by atoms with E-state index in [9.17, 15) is 15.2 Å². The van der Waals surface area contributed by atoms with E-state index in [-0.39, 0.29) is 23.0 Å². The molecule has 9 nitrogen and oxygen atoms in total. The fraction of sp³-hybridized carbons (Fsp3) is 0.0667. The molecule has 4 N–H and O–H groups in total. The molecule has 1 unspecified atom stereocenters. The lowest BCUT2D eigenvalue weighted by molar-refractivity contribution is -0.385. The zero-order valence-electron chi connectivity index (χ0n) is 12.2. The predicted molar refractivity (Wildman–Crippen MR) is 87.9 cm³/mol. The third kappa shape index (κ3) is 2.02. The first-order valence-corrected chi connectivity index (χ1v) is 7.09. The maximum atomic E-state index is 11.1. The number of phenols is 1. The molecule has 0 bridgehead atoms. The van der Waals surface area contributed by atoms with E-state index in [1.807, 2.05) is 24.3 Å². The minimum Gasteiger partial charge on any atom is -0.508 e. The van der Waals surface area contributed by atoms with Crippen molar-refractivity contribution < 1.29 is 10.0 Å². The first-order valence-electron chi connectivity index (χ1n) is 7.09. The number of hydrogen-bond donors (Lipinski definition) is 3. The van der Waals surface area contributed by atoms with E-state index in [0.717, 1.165) is 11.0 Å². The van der Waals surface area contributed by atoms with Crippen LogP contribution in [0.15, 0.2) is 47.5 Å². The molecule has 0 fully saturated rings. The molecule has 0 saturated heterocycles. The maximum absolute atomic E-state index is 11.1. The SMILES string of the molecule is NC1=NC(c2cc([N+](=O)[O-])ccc2O)n2c(nc3ccccc32)N1. The Kier molecular flexibility index (Phi) is 2.89. The van der Waals surface area contributed by atoms with Crippen molar-refractivity contribution in [3.8, 4) is 5.75 Å². The minimum atomic E-state index is -0.756. The van der Waals surface area contributed by atoms with Crippen molar-refractivity contribution in [3.63, 3.8) is 0 Å². The van der Waals surface area contributed by atoms with Gasteiger partial charge in [0.2, 0.25) is 5.95 Å². The van der Waals surface area contributed by atoms with E-state index in [2.05, 4.69) is 15.3 Å². The number of nitrogens with two attached hydrogens (primary N) is 1. The molecule has 0 radical (unpaired) electrons. The number of rotatable bonds is 2. The molecule has 1 aliphatic rings. The first kappa shape index (κ1) is 14.0. The van der Waals surface area contributed by atoms with Gasteiger partial charge < -0.3 is 10.8 Å². The minimum absolute atomic E-state index is 0.104. The fourth-order valence-corrected chi connectivity index (χ4v) is 2.79. The van der Waals surface area contributed by atoms with Crippen LogP contribution in [0.3, 0.4) is 0 Å². The van der Waals surface area contributed by atoms with Gasteiger partial charge in [0.25, 0.3) is 5.69 Å². The quantitative estimate of drug-likeness (QED) is 0.487. The highest BCUT2D eigenvalue weighted by atomic mass is 16.6. The van der Waals surface area contributed by atoms with Crippen LogP contribution in [-0.2, 0) is 0 Å². The third-order valence-electron chi connectivity index (χ3n) is 3.84. The van der Waals surface area contributed by atoms with Gasteiger partial charge in [-0.2, -0.15) is 0 Å². The number of aromatic hydroxyl groups is 1. The molecule has 1 aromatic heterocycles. The van der Waals surface area contributed by atoms with Crippen LogP contribution in [0.5, 0.6) is 5.75 Å². The number of anilines is 1. The fourth-order valence-electron chi connectivity index (χ4n) is 2.79. The van der Waals surface area contributed by atoms with E-state index in [1.54, 1.807) is 4.57 Å². The Bertz CT molecular complexity index is 1010. The summed E-state index contributed by atoms with van der Waals surface area (Å²) in [6.07, 6.45) is -0.756. The molecule has 4 rings (SSSR count). The molecule has 1 aliphatic heterocycles. The van der Waals surface area contributed by atoms with Crippen LogP contribution < -0.4 is 11.1 Å². The van der Waals surface area contributed by atoms with Gasteiger partial charge in [-0.05, 0) is 18.2 Å². The zero-order valence-corrected chi connectivity index (χ0v) is 12.2. The topological polar surface area (TPSA) is 132 Å². The number of nitrogens with zero attached hydrogens (tertiary/aromatic N) is 4. The lowest BCUT2D eigenvalue weighted by atomic mass is 10.1. The number of benzene rings is 2. The average molecular weight is 324 g/mol. The highest BCUT2D eigenvalue weighted by Gasteiger charge is 2.28. The van der Waals surface area contributed by atoms with Gasteiger partial charge in [0.1, 0.15) is 5.75 Å². The van der Waals surface area contributed by atoms with E-state index < -0.39 is 11.1 Å². The van der Waals surface area contributed by atoms with Gasteiger partial charge in [-0.15, -0.1) is 0 Å². The smallest absolute Gasteiger partial charge is 0.270 e. The molecule has 24 heavy (non-hydrogen) atoms. The number of non-ortho nitro benzene ring substituents is 1. The van der Waals surface area contributed by atoms with Crippen LogP contribution in [0.1, 0.15) is 11.7 Å². The van der Waals surface area contributed by atoms with Crippen molar-refractivity contribution in [3.05, 3.63) is 58.1 Å². The van der Waals surface area contributed by atoms with Gasteiger partial charge in [0, 0.05) is 17.7 Å². The summed E-state index contributed by atoms with van der Waals surface area (Å²) in [5.74, 6) is 0.473. The number of nitro benzene ring substituents is 1. The number of aliphatic imine (C=N–C) groups is 1. The number of imidazole rings is 1. The van der Waals surface area contributed by atoms with Crippen LogP contribution >= 0.6 is 0 Å². The van der Waals surface area contributed by atoms with Crippen LogP contribution in [0, 0.1) is 10.1 Å². The number of phenolic OH excluding ortho intramolecular Hbond substituents is 1. The van der Waals surface area contributed by atoms with Crippen LogP contribution in [0.4, 0.5) is 11.6 Å². The second kappa shape index (κ2) is 4.95. The number of aromatic nitrogens is 2.